The maximum absolute atomic E-state index is 9.57. The van der Waals surface area contributed by atoms with E-state index in [9.17, 15) is 5.11 Å². The predicted molar refractivity (Wildman–Crippen MR) is 82.5 cm³/mol. The number of hydrogen-bond donors (Lipinski definition) is 2. The van der Waals surface area contributed by atoms with Crippen molar-refractivity contribution in [3.63, 3.8) is 0 Å². The minimum absolute atomic E-state index is 0.154. The maximum Gasteiger partial charge on any atom is 0.0477 e. The van der Waals surface area contributed by atoms with Crippen LogP contribution in [0.5, 0.6) is 0 Å². The van der Waals surface area contributed by atoms with E-state index >= 15 is 0 Å². The van der Waals surface area contributed by atoms with Crippen molar-refractivity contribution in [1.82, 2.24) is 5.32 Å². The molecule has 0 saturated heterocycles. The summed E-state index contributed by atoms with van der Waals surface area (Å²) in [6.45, 7) is 11.2. The van der Waals surface area contributed by atoms with Gasteiger partial charge in [-0.1, -0.05) is 45.9 Å². The zero-order valence-corrected chi connectivity index (χ0v) is 13.2. The van der Waals surface area contributed by atoms with Gasteiger partial charge in [-0.3, -0.25) is 0 Å². The lowest BCUT2D eigenvalue weighted by Crippen LogP contribution is -2.28. The van der Waals surface area contributed by atoms with Crippen molar-refractivity contribution in [3.05, 3.63) is 34.9 Å². The summed E-state index contributed by atoms with van der Waals surface area (Å²) in [5, 5.41) is 12.9. The Kier molecular flexibility index (Phi) is 5.57. The molecule has 1 aromatic carbocycles. The molecule has 0 heterocycles. The molecule has 2 nitrogen and oxygen atoms in total. The van der Waals surface area contributed by atoms with Crippen LogP contribution < -0.4 is 5.32 Å². The van der Waals surface area contributed by atoms with Gasteiger partial charge < -0.3 is 10.4 Å². The van der Waals surface area contributed by atoms with E-state index in [4.69, 9.17) is 0 Å². The molecule has 0 saturated carbocycles. The molecule has 2 N–H and O–H groups in total. The molecule has 2 atom stereocenters. The Labute approximate surface area is 118 Å². The second-order valence-corrected chi connectivity index (χ2v) is 6.44. The Balaban J connectivity index is 3.23. The van der Waals surface area contributed by atoms with Gasteiger partial charge in [-0.2, -0.15) is 0 Å². The quantitative estimate of drug-likeness (QED) is 0.851. The smallest absolute Gasteiger partial charge is 0.0477 e. The van der Waals surface area contributed by atoms with Gasteiger partial charge in [0.25, 0.3) is 0 Å². The first-order chi connectivity index (χ1) is 8.85. The highest BCUT2D eigenvalue weighted by atomic mass is 16.3. The maximum atomic E-state index is 9.57. The summed E-state index contributed by atoms with van der Waals surface area (Å²) in [6.07, 6.45) is 0.973. The molecule has 1 aromatic rings. The van der Waals surface area contributed by atoms with Gasteiger partial charge in [0, 0.05) is 18.6 Å². The lowest BCUT2D eigenvalue weighted by molar-refractivity contribution is 0.189. The Morgan fingerprint density at radius 1 is 1.26 bits per heavy atom. The van der Waals surface area contributed by atoms with Gasteiger partial charge in [0.2, 0.25) is 0 Å². The van der Waals surface area contributed by atoms with Crippen molar-refractivity contribution >= 4 is 0 Å². The average molecular weight is 263 g/mol. The molecule has 0 aliphatic rings. The van der Waals surface area contributed by atoms with Gasteiger partial charge in [0.15, 0.2) is 0 Å². The first-order valence-electron chi connectivity index (χ1n) is 7.24. The van der Waals surface area contributed by atoms with E-state index in [1.165, 1.54) is 16.7 Å². The summed E-state index contributed by atoms with van der Waals surface area (Å²) in [6, 6.07) is 6.93. The Morgan fingerprint density at radius 3 is 2.32 bits per heavy atom. The number of hydrogen-bond acceptors (Lipinski definition) is 2. The van der Waals surface area contributed by atoms with E-state index in [2.05, 4.69) is 58.1 Å². The molecule has 0 amide bonds. The molecule has 19 heavy (non-hydrogen) atoms. The molecule has 2 unspecified atom stereocenters. The summed E-state index contributed by atoms with van der Waals surface area (Å²) >= 11 is 0. The third-order valence-corrected chi connectivity index (χ3v) is 4.02. The molecular weight excluding hydrogens is 234 g/mol. The highest BCUT2D eigenvalue weighted by Gasteiger charge is 2.23. The third-order valence-electron chi connectivity index (χ3n) is 4.02. The molecule has 1 rings (SSSR count). The van der Waals surface area contributed by atoms with Gasteiger partial charge in [0.05, 0.1) is 0 Å². The van der Waals surface area contributed by atoms with Crippen LogP contribution in [0.2, 0.25) is 0 Å². The predicted octanol–water partition coefficient (Wildman–Crippen LogP) is 3.57. The van der Waals surface area contributed by atoms with E-state index < -0.39 is 0 Å². The van der Waals surface area contributed by atoms with E-state index in [0.717, 1.165) is 6.42 Å². The van der Waals surface area contributed by atoms with E-state index in [1.54, 1.807) is 0 Å². The molecule has 0 fully saturated rings. The minimum atomic E-state index is 0.154. The van der Waals surface area contributed by atoms with Gasteiger partial charge in [-0.15, -0.1) is 0 Å². The fourth-order valence-electron chi connectivity index (χ4n) is 2.56. The standard InChI is InChI=1S/C17H29NO/c1-7-13(11-19)16(18-6)15-10-14(17(3,4)5)9-8-12(15)2/h8-10,13,16,18-19H,7,11H2,1-6H3. The Bertz CT molecular complexity index is 402. The zero-order chi connectivity index (χ0) is 14.6. The van der Waals surface area contributed by atoms with Crippen LogP contribution in [0.15, 0.2) is 18.2 Å². The zero-order valence-electron chi connectivity index (χ0n) is 13.2. The molecule has 0 spiro atoms. The minimum Gasteiger partial charge on any atom is -0.396 e. The van der Waals surface area contributed by atoms with Crippen molar-refractivity contribution in [3.8, 4) is 0 Å². The van der Waals surface area contributed by atoms with E-state index in [1.807, 2.05) is 7.05 Å². The summed E-state index contributed by atoms with van der Waals surface area (Å²) in [5.41, 5.74) is 4.11. The average Bonchev–Trinajstić information content (AvgIpc) is 2.35. The van der Waals surface area contributed by atoms with Crippen LogP contribution >= 0.6 is 0 Å². The normalized spacial score (nSPS) is 15.3. The lowest BCUT2D eigenvalue weighted by Gasteiger charge is -2.28. The molecule has 0 aliphatic heterocycles. The summed E-state index contributed by atoms with van der Waals surface area (Å²) in [4.78, 5) is 0. The largest absolute Gasteiger partial charge is 0.396 e. The molecule has 108 valence electrons. The number of aliphatic hydroxyl groups excluding tert-OH is 1. The second-order valence-electron chi connectivity index (χ2n) is 6.44. The number of aliphatic hydroxyl groups is 1. The molecule has 2 heteroatoms. The van der Waals surface area contributed by atoms with Crippen LogP contribution in [0.3, 0.4) is 0 Å². The van der Waals surface area contributed by atoms with Crippen LogP contribution in [-0.4, -0.2) is 18.8 Å². The summed E-state index contributed by atoms with van der Waals surface area (Å²) < 4.78 is 0. The van der Waals surface area contributed by atoms with Gasteiger partial charge in [-0.05, 0) is 42.5 Å². The number of benzene rings is 1. The first kappa shape index (κ1) is 16.2. The SMILES string of the molecule is CCC(CO)C(NC)c1cc(C(C)(C)C)ccc1C. The van der Waals surface area contributed by atoms with Crippen molar-refractivity contribution < 1.29 is 5.11 Å². The fraction of sp³-hybridized carbons (Fsp3) is 0.647. The third kappa shape index (κ3) is 3.80. The van der Waals surface area contributed by atoms with Gasteiger partial charge >= 0.3 is 0 Å². The molecule has 0 aromatic heterocycles. The highest BCUT2D eigenvalue weighted by Crippen LogP contribution is 2.31. The lowest BCUT2D eigenvalue weighted by atomic mass is 9.82. The van der Waals surface area contributed by atoms with E-state index in [0.29, 0.717) is 0 Å². The van der Waals surface area contributed by atoms with Crippen LogP contribution in [0.25, 0.3) is 0 Å². The van der Waals surface area contributed by atoms with Gasteiger partial charge in [0.1, 0.15) is 0 Å². The van der Waals surface area contributed by atoms with Crippen molar-refractivity contribution in [1.29, 1.82) is 0 Å². The number of nitrogens with one attached hydrogen (secondary N) is 1. The molecule has 0 aliphatic carbocycles. The van der Waals surface area contributed by atoms with Gasteiger partial charge in [-0.25, -0.2) is 0 Å². The van der Waals surface area contributed by atoms with Crippen LogP contribution in [0, 0.1) is 12.8 Å². The summed E-state index contributed by atoms with van der Waals surface area (Å²) in [7, 11) is 1.98. The monoisotopic (exact) mass is 263 g/mol. The van der Waals surface area contributed by atoms with E-state index in [-0.39, 0.29) is 24.0 Å². The summed E-state index contributed by atoms with van der Waals surface area (Å²) in [5.74, 6) is 0.263. The molecular formula is C17H29NO. The fourth-order valence-corrected chi connectivity index (χ4v) is 2.56. The van der Waals surface area contributed by atoms with Crippen molar-refractivity contribution in [2.24, 2.45) is 5.92 Å². The van der Waals surface area contributed by atoms with Crippen molar-refractivity contribution in [2.45, 2.75) is 52.5 Å². The highest BCUT2D eigenvalue weighted by molar-refractivity contribution is 5.36. The van der Waals surface area contributed by atoms with Crippen LogP contribution in [0.4, 0.5) is 0 Å². The van der Waals surface area contributed by atoms with Crippen LogP contribution in [0.1, 0.15) is 56.8 Å². The second kappa shape index (κ2) is 6.53. The molecule has 0 radical (unpaired) electrons. The number of aryl methyl sites for hydroxylation is 1. The Hall–Kier alpha value is -0.860. The number of rotatable bonds is 5. The molecule has 0 bridgehead atoms. The van der Waals surface area contributed by atoms with Crippen molar-refractivity contribution in [2.75, 3.05) is 13.7 Å². The Morgan fingerprint density at radius 2 is 1.89 bits per heavy atom. The first-order valence-corrected chi connectivity index (χ1v) is 7.24. The van der Waals surface area contributed by atoms with Crippen LogP contribution in [-0.2, 0) is 5.41 Å². The topological polar surface area (TPSA) is 32.3 Å².